The minimum Gasteiger partial charge on any atom is -0.392 e. The highest BCUT2D eigenvalue weighted by Gasteiger charge is 2.22. The number of aliphatic hydroxyl groups is 3. The number of ether oxygens (including phenoxy) is 1. The molecule has 1 heterocycles. The van der Waals surface area contributed by atoms with Crippen molar-refractivity contribution in [1.29, 1.82) is 5.26 Å². The molecule has 0 aliphatic carbocycles. The van der Waals surface area contributed by atoms with Crippen molar-refractivity contribution in [2.75, 3.05) is 13.7 Å². The van der Waals surface area contributed by atoms with E-state index in [4.69, 9.17) is 10.5 Å². The van der Waals surface area contributed by atoms with Crippen LogP contribution in [0.4, 0.5) is 0 Å². The normalized spacial score (nSPS) is 10.9. The zero-order chi connectivity index (χ0) is 18.4. The number of H-pyrrole nitrogens is 1. The number of nitriles is 1. The lowest BCUT2D eigenvalue weighted by Gasteiger charge is -2.17. The van der Waals surface area contributed by atoms with E-state index in [9.17, 15) is 20.6 Å². The summed E-state index contributed by atoms with van der Waals surface area (Å²) in [6, 6.07) is 5.62. The summed E-state index contributed by atoms with van der Waals surface area (Å²) in [5, 5.41) is 38.5. The SMILES string of the molecule is COCCc1c(C#N)[nH]c(CN)c1-c1ccc(CO)c(CO)c1CO. The van der Waals surface area contributed by atoms with E-state index in [2.05, 4.69) is 11.1 Å². The first kappa shape index (κ1) is 19.1. The molecule has 0 unspecified atom stereocenters. The van der Waals surface area contributed by atoms with Crippen LogP contribution in [0.2, 0.25) is 0 Å². The van der Waals surface area contributed by atoms with Crippen LogP contribution in [0, 0.1) is 11.3 Å². The van der Waals surface area contributed by atoms with Crippen molar-refractivity contribution in [2.24, 2.45) is 5.73 Å². The molecule has 2 rings (SSSR count). The summed E-state index contributed by atoms with van der Waals surface area (Å²) in [5.41, 5.74) is 10.7. The standard InChI is InChI=1S/C18H23N3O4/c1-25-5-4-13-16(6-19)21-17(7-20)18(13)12-3-2-11(8-22)14(9-23)15(12)10-24/h2-3,21-24H,4-5,7-10,20H2,1H3. The fourth-order valence-corrected chi connectivity index (χ4v) is 3.13. The van der Waals surface area contributed by atoms with Gasteiger partial charge in [-0.1, -0.05) is 12.1 Å². The maximum absolute atomic E-state index is 9.88. The van der Waals surface area contributed by atoms with Crippen molar-refractivity contribution >= 4 is 0 Å². The molecular formula is C18H23N3O4. The fourth-order valence-electron chi connectivity index (χ4n) is 3.13. The first-order chi connectivity index (χ1) is 12.2. The van der Waals surface area contributed by atoms with Crippen molar-refractivity contribution in [2.45, 2.75) is 32.8 Å². The maximum Gasteiger partial charge on any atom is 0.121 e. The second kappa shape index (κ2) is 8.76. The summed E-state index contributed by atoms with van der Waals surface area (Å²) in [5.74, 6) is 0. The molecule has 6 N–H and O–H groups in total. The highest BCUT2D eigenvalue weighted by atomic mass is 16.5. The third-order valence-corrected chi connectivity index (χ3v) is 4.34. The molecule has 0 bridgehead atoms. The minimum absolute atomic E-state index is 0.193. The molecule has 1 aromatic carbocycles. The first-order valence-corrected chi connectivity index (χ1v) is 7.96. The minimum atomic E-state index is -0.306. The van der Waals surface area contributed by atoms with Gasteiger partial charge in [0.15, 0.2) is 0 Å². The van der Waals surface area contributed by atoms with Gasteiger partial charge < -0.3 is 30.8 Å². The smallest absolute Gasteiger partial charge is 0.121 e. The monoisotopic (exact) mass is 345 g/mol. The van der Waals surface area contributed by atoms with Crippen LogP contribution in [0.3, 0.4) is 0 Å². The lowest BCUT2D eigenvalue weighted by Crippen LogP contribution is -2.06. The quantitative estimate of drug-likeness (QED) is 0.477. The fraction of sp³-hybridized carbons (Fsp3) is 0.389. The van der Waals surface area contributed by atoms with Crippen molar-refractivity contribution in [3.63, 3.8) is 0 Å². The molecule has 2 aromatic rings. The molecular weight excluding hydrogens is 322 g/mol. The number of rotatable bonds is 8. The molecule has 0 saturated carbocycles. The van der Waals surface area contributed by atoms with E-state index in [0.717, 1.165) is 11.1 Å². The van der Waals surface area contributed by atoms with E-state index in [1.54, 1.807) is 19.2 Å². The lowest BCUT2D eigenvalue weighted by molar-refractivity contribution is 0.202. The van der Waals surface area contributed by atoms with Gasteiger partial charge in [0.1, 0.15) is 11.8 Å². The van der Waals surface area contributed by atoms with E-state index in [-0.39, 0.29) is 26.4 Å². The number of aromatic nitrogens is 1. The molecule has 0 saturated heterocycles. The zero-order valence-electron chi connectivity index (χ0n) is 14.2. The highest BCUT2D eigenvalue weighted by molar-refractivity contribution is 5.77. The molecule has 0 spiro atoms. The van der Waals surface area contributed by atoms with Gasteiger partial charge in [0.05, 0.1) is 26.4 Å². The van der Waals surface area contributed by atoms with Gasteiger partial charge in [-0.25, -0.2) is 0 Å². The van der Waals surface area contributed by atoms with Gasteiger partial charge in [0.2, 0.25) is 0 Å². The van der Waals surface area contributed by atoms with E-state index < -0.39 is 0 Å². The molecule has 25 heavy (non-hydrogen) atoms. The summed E-state index contributed by atoms with van der Waals surface area (Å²) in [7, 11) is 1.58. The summed E-state index contributed by atoms with van der Waals surface area (Å²) in [6.45, 7) is -0.224. The number of methoxy groups -OCH3 is 1. The lowest BCUT2D eigenvalue weighted by atomic mass is 9.89. The van der Waals surface area contributed by atoms with Gasteiger partial charge >= 0.3 is 0 Å². The topological polar surface area (TPSA) is 136 Å². The number of benzene rings is 1. The molecule has 134 valence electrons. The van der Waals surface area contributed by atoms with Crippen LogP contribution < -0.4 is 5.73 Å². The Bertz CT molecular complexity index is 778. The maximum atomic E-state index is 9.88. The number of nitrogens with two attached hydrogens (primary N) is 1. The Morgan fingerprint density at radius 2 is 1.84 bits per heavy atom. The van der Waals surface area contributed by atoms with Crippen LogP contribution in [0.15, 0.2) is 12.1 Å². The van der Waals surface area contributed by atoms with Crippen molar-refractivity contribution < 1.29 is 20.1 Å². The Kier molecular flexibility index (Phi) is 6.70. The average Bonchev–Trinajstić information content (AvgIpc) is 3.02. The van der Waals surface area contributed by atoms with Crippen molar-refractivity contribution in [1.82, 2.24) is 4.98 Å². The third-order valence-electron chi connectivity index (χ3n) is 4.34. The third kappa shape index (κ3) is 3.58. The largest absolute Gasteiger partial charge is 0.392 e. The highest BCUT2D eigenvalue weighted by Crippen LogP contribution is 2.36. The second-order valence-electron chi connectivity index (χ2n) is 5.59. The number of hydrogen-bond acceptors (Lipinski definition) is 6. The molecule has 0 atom stereocenters. The van der Waals surface area contributed by atoms with Crippen LogP contribution in [0.25, 0.3) is 11.1 Å². The Balaban J connectivity index is 2.77. The number of aromatic amines is 1. The van der Waals surface area contributed by atoms with E-state index >= 15 is 0 Å². The van der Waals surface area contributed by atoms with E-state index in [1.165, 1.54) is 0 Å². The molecule has 0 aliphatic rings. The predicted molar refractivity (Wildman–Crippen MR) is 92.2 cm³/mol. The van der Waals surface area contributed by atoms with Crippen LogP contribution in [-0.2, 0) is 37.5 Å². The number of nitrogens with one attached hydrogen (secondary N) is 1. The zero-order valence-corrected chi connectivity index (χ0v) is 14.2. The van der Waals surface area contributed by atoms with E-state index in [1.807, 2.05) is 0 Å². The number of nitrogens with zero attached hydrogens (tertiary/aromatic N) is 1. The summed E-state index contributed by atoms with van der Waals surface area (Å²) in [4.78, 5) is 3.04. The van der Waals surface area contributed by atoms with Gasteiger partial charge in [0.25, 0.3) is 0 Å². The Hall–Kier alpha value is -2.21. The van der Waals surface area contributed by atoms with Gasteiger partial charge in [0, 0.05) is 24.9 Å². The Labute approximate surface area is 146 Å². The summed E-state index contributed by atoms with van der Waals surface area (Å²) < 4.78 is 5.14. The predicted octanol–water partition coefficient (Wildman–Crippen LogP) is 0.678. The van der Waals surface area contributed by atoms with Crippen molar-refractivity contribution in [3.8, 4) is 17.2 Å². The molecule has 0 amide bonds. The Morgan fingerprint density at radius 3 is 2.36 bits per heavy atom. The molecule has 0 fully saturated rings. The molecule has 7 heteroatoms. The van der Waals surface area contributed by atoms with E-state index in [0.29, 0.717) is 46.7 Å². The summed E-state index contributed by atoms with van der Waals surface area (Å²) in [6.07, 6.45) is 0.506. The number of aliphatic hydroxyl groups excluding tert-OH is 3. The molecule has 0 aliphatic heterocycles. The van der Waals surface area contributed by atoms with Crippen LogP contribution in [0.5, 0.6) is 0 Å². The van der Waals surface area contributed by atoms with Crippen LogP contribution in [-0.4, -0.2) is 34.0 Å². The Morgan fingerprint density at radius 1 is 1.12 bits per heavy atom. The number of hydrogen-bond donors (Lipinski definition) is 5. The molecule has 7 nitrogen and oxygen atoms in total. The van der Waals surface area contributed by atoms with Crippen LogP contribution >= 0.6 is 0 Å². The summed E-state index contributed by atoms with van der Waals surface area (Å²) >= 11 is 0. The average molecular weight is 345 g/mol. The second-order valence-corrected chi connectivity index (χ2v) is 5.59. The van der Waals surface area contributed by atoms with Gasteiger partial charge in [-0.15, -0.1) is 0 Å². The van der Waals surface area contributed by atoms with Crippen molar-refractivity contribution in [3.05, 3.63) is 45.8 Å². The van der Waals surface area contributed by atoms with Gasteiger partial charge in [-0.3, -0.25) is 0 Å². The molecule has 1 aromatic heterocycles. The van der Waals surface area contributed by atoms with Gasteiger partial charge in [-0.2, -0.15) is 5.26 Å². The molecule has 0 radical (unpaired) electrons. The van der Waals surface area contributed by atoms with Crippen LogP contribution in [0.1, 0.15) is 33.6 Å². The first-order valence-electron chi connectivity index (χ1n) is 7.96. The van der Waals surface area contributed by atoms with Gasteiger partial charge in [-0.05, 0) is 34.2 Å².